The normalized spacial score (nSPS) is 15.6. The average molecular weight is 424 g/mol. The molecule has 3 aromatic rings. The van der Waals surface area contributed by atoms with Crippen molar-refractivity contribution in [3.8, 4) is 0 Å². The van der Waals surface area contributed by atoms with Crippen LogP contribution in [0.5, 0.6) is 0 Å². The average Bonchev–Trinajstić information content (AvgIpc) is 3.44. The quantitative estimate of drug-likeness (QED) is 0.587. The number of nitrogens with one attached hydrogen (secondary N) is 1. The van der Waals surface area contributed by atoms with Crippen LogP contribution >= 0.6 is 11.3 Å². The first-order valence-electron chi connectivity index (χ1n) is 10.2. The van der Waals surface area contributed by atoms with Gasteiger partial charge in [-0.15, -0.1) is 11.3 Å². The minimum atomic E-state index is -0.542. The summed E-state index contributed by atoms with van der Waals surface area (Å²) in [7, 11) is 0. The van der Waals surface area contributed by atoms with Crippen molar-refractivity contribution in [2.75, 3.05) is 6.54 Å². The summed E-state index contributed by atoms with van der Waals surface area (Å²) in [6.07, 6.45) is 4.75. The van der Waals surface area contributed by atoms with E-state index in [-0.39, 0.29) is 17.6 Å². The van der Waals surface area contributed by atoms with Crippen molar-refractivity contribution in [2.45, 2.75) is 45.2 Å². The van der Waals surface area contributed by atoms with Crippen LogP contribution in [0.15, 0.2) is 52.5 Å². The van der Waals surface area contributed by atoms with Crippen LogP contribution in [-0.4, -0.2) is 34.3 Å². The molecule has 0 fully saturated rings. The molecular formula is C23H25N3O3S. The van der Waals surface area contributed by atoms with Gasteiger partial charge < -0.3 is 14.6 Å². The SMILES string of the molecule is Cc1csc(CCCCNC(=O)C2Cc3ccccc3CN2C(=O)c2ccco2)n1. The van der Waals surface area contributed by atoms with Gasteiger partial charge in [-0.25, -0.2) is 4.98 Å². The zero-order valence-corrected chi connectivity index (χ0v) is 17.8. The number of hydrogen-bond acceptors (Lipinski definition) is 5. The number of amides is 2. The molecule has 1 N–H and O–H groups in total. The second-order valence-corrected chi connectivity index (χ2v) is 8.47. The summed E-state index contributed by atoms with van der Waals surface area (Å²) in [4.78, 5) is 32.0. The Morgan fingerprint density at radius 3 is 2.77 bits per heavy atom. The molecule has 0 saturated heterocycles. The lowest BCUT2D eigenvalue weighted by Crippen LogP contribution is -2.52. The summed E-state index contributed by atoms with van der Waals surface area (Å²) in [6, 6.07) is 10.7. The third kappa shape index (κ3) is 4.62. The minimum absolute atomic E-state index is 0.116. The predicted molar refractivity (Wildman–Crippen MR) is 115 cm³/mol. The highest BCUT2D eigenvalue weighted by molar-refractivity contribution is 7.09. The smallest absolute Gasteiger partial charge is 0.290 e. The minimum Gasteiger partial charge on any atom is -0.459 e. The lowest BCUT2D eigenvalue weighted by Gasteiger charge is -2.35. The summed E-state index contributed by atoms with van der Waals surface area (Å²) < 4.78 is 5.29. The fraction of sp³-hybridized carbons (Fsp3) is 0.348. The molecule has 3 heterocycles. The van der Waals surface area contributed by atoms with E-state index in [1.165, 1.54) is 6.26 Å². The number of furan rings is 1. The van der Waals surface area contributed by atoms with Crippen molar-refractivity contribution in [1.29, 1.82) is 0 Å². The van der Waals surface area contributed by atoms with Gasteiger partial charge in [0.15, 0.2) is 5.76 Å². The maximum atomic E-state index is 13.0. The summed E-state index contributed by atoms with van der Waals surface area (Å²) >= 11 is 1.68. The molecule has 7 heteroatoms. The lowest BCUT2D eigenvalue weighted by molar-refractivity contribution is -0.126. The van der Waals surface area contributed by atoms with Gasteiger partial charge in [0.1, 0.15) is 6.04 Å². The Morgan fingerprint density at radius 1 is 1.20 bits per heavy atom. The van der Waals surface area contributed by atoms with Crippen molar-refractivity contribution in [2.24, 2.45) is 0 Å². The molecule has 1 aliphatic heterocycles. The summed E-state index contributed by atoms with van der Waals surface area (Å²) in [6.45, 7) is 2.99. The van der Waals surface area contributed by atoms with Gasteiger partial charge >= 0.3 is 0 Å². The highest BCUT2D eigenvalue weighted by Crippen LogP contribution is 2.25. The van der Waals surface area contributed by atoms with Crippen LogP contribution in [0.1, 0.15) is 45.2 Å². The Balaban J connectivity index is 1.37. The standard InChI is InChI=1S/C23H25N3O3S/c1-16-15-30-21(25-16)10-4-5-11-24-22(27)19-13-17-7-2-3-8-18(17)14-26(19)23(28)20-9-6-12-29-20/h2-3,6-9,12,15,19H,4-5,10-11,13-14H2,1H3,(H,24,27). The number of carbonyl (C=O) groups is 2. The number of aryl methyl sites for hydroxylation is 2. The Kier molecular flexibility index (Phi) is 6.28. The number of rotatable bonds is 7. The molecule has 0 aliphatic carbocycles. The van der Waals surface area contributed by atoms with E-state index in [2.05, 4.69) is 15.7 Å². The Morgan fingerprint density at radius 2 is 2.03 bits per heavy atom. The third-order valence-electron chi connectivity index (χ3n) is 5.33. The van der Waals surface area contributed by atoms with E-state index in [1.54, 1.807) is 28.4 Å². The monoisotopic (exact) mass is 423 g/mol. The topological polar surface area (TPSA) is 75.4 Å². The molecule has 0 spiro atoms. The molecule has 0 radical (unpaired) electrons. The van der Waals surface area contributed by atoms with Crippen LogP contribution in [0, 0.1) is 6.92 Å². The Labute approximate surface area is 179 Å². The van der Waals surface area contributed by atoms with E-state index >= 15 is 0 Å². The van der Waals surface area contributed by atoms with Gasteiger partial charge in [0.05, 0.1) is 11.3 Å². The molecule has 1 unspecified atom stereocenters. The highest BCUT2D eigenvalue weighted by Gasteiger charge is 2.35. The second kappa shape index (κ2) is 9.26. The molecule has 6 nitrogen and oxygen atoms in total. The van der Waals surface area contributed by atoms with Gasteiger partial charge in [-0.1, -0.05) is 24.3 Å². The van der Waals surface area contributed by atoms with Crippen LogP contribution in [0.2, 0.25) is 0 Å². The van der Waals surface area contributed by atoms with Crippen molar-refractivity contribution < 1.29 is 14.0 Å². The fourth-order valence-electron chi connectivity index (χ4n) is 3.76. The van der Waals surface area contributed by atoms with E-state index in [1.807, 2.05) is 31.2 Å². The zero-order valence-electron chi connectivity index (χ0n) is 17.0. The number of hydrogen-bond donors (Lipinski definition) is 1. The van der Waals surface area contributed by atoms with E-state index in [4.69, 9.17) is 4.42 Å². The number of nitrogens with zero attached hydrogens (tertiary/aromatic N) is 2. The molecular weight excluding hydrogens is 398 g/mol. The van der Waals surface area contributed by atoms with Crippen molar-refractivity contribution in [3.05, 3.63) is 75.6 Å². The molecule has 2 aromatic heterocycles. The fourth-order valence-corrected chi connectivity index (χ4v) is 4.58. The largest absolute Gasteiger partial charge is 0.459 e. The number of fused-ring (bicyclic) bond motifs is 1. The van der Waals surface area contributed by atoms with Crippen LogP contribution in [0.25, 0.3) is 0 Å². The number of carbonyl (C=O) groups excluding carboxylic acids is 2. The maximum absolute atomic E-state index is 13.0. The first-order valence-corrected chi connectivity index (χ1v) is 11.1. The maximum Gasteiger partial charge on any atom is 0.290 e. The van der Waals surface area contributed by atoms with Gasteiger partial charge in [0, 0.05) is 30.6 Å². The summed E-state index contributed by atoms with van der Waals surface area (Å²) in [5.74, 6) is -0.116. The van der Waals surface area contributed by atoms with Crippen LogP contribution in [0.4, 0.5) is 0 Å². The van der Waals surface area contributed by atoms with E-state index < -0.39 is 6.04 Å². The van der Waals surface area contributed by atoms with Gasteiger partial charge in [-0.05, 0) is 49.4 Å². The molecule has 0 bridgehead atoms. The van der Waals surface area contributed by atoms with Gasteiger partial charge in [0.2, 0.25) is 5.91 Å². The van der Waals surface area contributed by atoms with Crippen LogP contribution in [-0.2, 0) is 24.2 Å². The van der Waals surface area contributed by atoms with Crippen molar-refractivity contribution >= 4 is 23.2 Å². The summed E-state index contributed by atoms with van der Waals surface area (Å²) in [5.41, 5.74) is 3.24. The lowest BCUT2D eigenvalue weighted by atomic mass is 9.93. The van der Waals surface area contributed by atoms with E-state index in [9.17, 15) is 9.59 Å². The van der Waals surface area contributed by atoms with Gasteiger partial charge in [-0.3, -0.25) is 9.59 Å². The first kappa shape index (κ1) is 20.3. The zero-order chi connectivity index (χ0) is 20.9. The molecule has 1 aromatic carbocycles. The first-order chi connectivity index (χ1) is 14.6. The van der Waals surface area contributed by atoms with Gasteiger partial charge in [0.25, 0.3) is 5.91 Å². The molecule has 156 valence electrons. The molecule has 0 saturated carbocycles. The molecule has 1 aliphatic rings. The number of aromatic nitrogens is 1. The molecule has 2 amide bonds. The van der Waals surface area contributed by atoms with Crippen molar-refractivity contribution in [3.63, 3.8) is 0 Å². The van der Waals surface area contributed by atoms with E-state index in [0.717, 1.165) is 41.1 Å². The number of unbranched alkanes of at least 4 members (excludes halogenated alkanes) is 1. The second-order valence-electron chi connectivity index (χ2n) is 7.53. The van der Waals surface area contributed by atoms with Crippen LogP contribution in [0.3, 0.4) is 0 Å². The molecule has 4 rings (SSSR count). The number of benzene rings is 1. The highest BCUT2D eigenvalue weighted by atomic mass is 32.1. The Bertz CT molecular complexity index is 1010. The summed E-state index contributed by atoms with van der Waals surface area (Å²) in [5, 5.41) is 6.22. The molecule has 30 heavy (non-hydrogen) atoms. The molecule has 1 atom stereocenters. The van der Waals surface area contributed by atoms with E-state index in [0.29, 0.717) is 19.5 Å². The van der Waals surface area contributed by atoms with Gasteiger partial charge in [-0.2, -0.15) is 0 Å². The third-order valence-corrected chi connectivity index (χ3v) is 6.35. The Hall–Kier alpha value is -2.93. The predicted octanol–water partition coefficient (Wildman–Crippen LogP) is 3.75. The number of thiazole rings is 1. The van der Waals surface area contributed by atoms with Crippen molar-refractivity contribution in [1.82, 2.24) is 15.2 Å². The van der Waals surface area contributed by atoms with Crippen LogP contribution < -0.4 is 5.32 Å².